The fourth-order valence-corrected chi connectivity index (χ4v) is 1.39. The summed E-state index contributed by atoms with van der Waals surface area (Å²) in [4.78, 5) is 23.3. The van der Waals surface area contributed by atoms with Crippen molar-refractivity contribution >= 4 is 17.4 Å². The van der Waals surface area contributed by atoms with E-state index in [-0.39, 0.29) is 17.3 Å². The highest BCUT2D eigenvalue weighted by Crippen LogP contribution is 2.28. The minimum Gasteiger partial charge on any atom is -0.331 e. The lowest BCUT2D eigenvalue weighted by molar-refractivity contribution is -0.384. The molecule has 1 aromatic rings. The summed E-state index contributed by atoms with van der Waals surface area (Å²) in [5, 5.41) is 13.5. The summed E-state index contributed by atoms with van der Waals surface area (Å²) in [7, 11) is 3.15. The molecule has 0 aliphatic heterocycles. The first-order valence-corrected chi connectivity index (χ1v) is 5.59. The molecule has 0 aliphatic rings. The van der Waals surface area contributed by atoms with E-state index < -0.39 is 11.0 Å². The lowest BCUT2D eigenvalue weighted by Gasteiger charge is -2.13. The van der Waals surface area contributed by atoms with Gasteiger partial charge in [-0.1, -0.05) is 19.9 Å². The van der Waals surface area contributed by atoms with Crippen LogP contribution in [0.15, 0.2) is 18.2 Å². The van der Waals surface area contributed by atoms with Gasteiger partial charge in [0, 0.05) is 20.2 Å². The van der Waals surface area contributed by atoms with E-state index in [0.717, 1.165) is 5.56 Å². The van der Waals surface area contributed by atoms with E-state index in [0.29, 0.717) is 0 Å². The van der Waals surface area contributed by atoms with Gasteiger partial charge < -0.3 is 10.2 Å². The van der Waals surface area contributed by atoms with Crippen LogP contribution in [0.1, 0.15) is 25.3 Å². The highest BCUT2D eigenvalue weighted by atomic mass is 16.6. The molecular weight excluding hydrogens is 234 g/mol. The number of carbonyl (C=O) groups is 1. The Hall–Kier alpha value is -2.11. The summed E-state index contributed by atoms with van der Waals surface area (Å²) in [5.74, 6) is 0.197. The lowest BCUT2D eigenvalue weighted by Crippen LogP contribution is -2.27. The van der Waals surface area contributed by atoms with Gasteiger partial charge in [-0.15, -0.1) is 0 Å². The second-order valence-electron chi connectivity index (χ2n) is 4.51. The van der Waals surface area contributed by atoms with E-state index in [2.05, 4.69) is 5.32 Å². The minimum atomic E-state index is -0.489. The third-order valence-electron chi connectivity index (χ3n) is 2.53. The Labute approximate surface area is 106 Å². The maximum atomic E-state index is 11.5. The summed E-state index contributed by atoms with van der Waals surface area (Å²) in [6.07, 6.45) is 0. The van der Waals surface area contributed by atoms with E-state index in [1.165, 1.54) is 11.0 Å². The topological polar surface area (TPSA) is 75.5 Å². The van der Waals surface area contributed by atoms with Crippen LogP contribution in [0, 0.1) is 10.1 Å². The van der Waals surface area contributed by atoms with Gasteiger partial charge in [-0.05, 0) is 17.5 Å². The second kappa shape index (κ2) is 5.48. The Morgan fingerprint density at radius 3 is 2.44 bits per heavy atom. The molecule has 0 heterocycles. The number of hydrogen-bond donors (Lipinski definition) is 1. The molecule has 0 bridgehead atoms. The van der Waals surface area contributed by atoms with Gasteiger partial charge in [0.1, 0.15) is 5.69 Å². The summed E-state index contributed by atoms with van der Waals surface area (Å²) < 4.78 is 0. The normalized spacial score (nSPS) is 10.3. The number of nitrogens with zero attached hydrogens (tertiary/aromatic N) is 2. The standard InChI is InChI=1S/C12H17N3O3/c1-8(2)9-5-6-10(11(7-9)15(17)18)13-12(16)14(3)4/h5-8H,1-4H3,(H,13,16). The van der Waals surface area contributed by atoms with Crippen LogP contribution in [0.5, 0.6) is 0 Å². The third-order valence-corrected chi connectivity index (χ3v) is 2.53. The second-order valence-corrected chi connectivity index (χ2v) is 4.51. The van der Waals surface area contributed by atoms with Gasteiger partial charge in [-0.25, -0.2) is 4.79 Å². The number of benzene rings is 1. The van der Waals surface area contributed by atoms with Gasteiger partial charge in [0.25, 0.3) is 5.69 Å². The van der Waals surface area contributed by atoms with Crippen molar-refractivity contribution in [3.8, 4) is 0 Å². The van der Waals surface area contributed by atoms with Crippen molar-refractivity contribution in [1.82, 2.24) is 4.90 Å². The molecule has 6 heteroatoms. The van der Waals surface area contributed by atoms with Crippen molar-refractivity contribution in [2.75, 3.05) is 19.4 Å². The van der Waals surface area contributed by atoms with Crippen molar-refractivity contribution in [3.05, 3.63) is 33.9 Å². The van der Waals surface area contributed by atoms with E-state index in [1.54, 1.807) is 26.2 Å². The van der Waals surface area contributed by atoms with Gasteiger partial charge in [-0.3, -0.25) is 10.1 Å². The van der Waals surface area contributed by atoms with Crippen molar-refractivity contribution in [2.24, 2.45) is 0 Å². The van der Waals surface area contributed by atoms with Gasteiger partial charge >= 0.3 is 6.03 Å². The number of anilines is 1. The largest absolute Gasteiger partial charge is 0.331 e. The predicted molar refractivity (Wildman–Crippen MR) is 69.9 cm³/mol. The highest BCUT2D eigenvalue weighted by Gasteiger charge is 2.18. The Morgan fingerprint density at radius 2 is 2.00 bits per heavy atom. The molecule has 18 heavy (non-hydrogen) atoms. The van der Waals surface area contributed by atoms with Gasteiger partial charge in [0.15, 0.2) is 0 Å². The molecule has 0 atom stereocenters. The average Bonchev–Trinajstić information content (AvgIpc) is 2.28. The number of nitrogens with one attached hydrogen (secondary N) is 1. The molecule has 0 saturated heterocycles. The molecule has 2 amide bonds. The molecule has 0 saturated carbocycles. The average molecular weight is 251 g/mol. The smallest absolute Gasteiger partial charge is 0.321 e. The van der Waals surface area contributed by atoms with E-state index in [4.69, 9.17) is 0 Å². The fourth-order valence-electron chi connectivity index (χ4n) is 1.39. The molecule has 98 valence electrons. The van der Waals surface area contributed by atoms with E-state index in [1.807, 2.05) is 13.8 Å². The molecule has 0 aromatic heterocycles. The summed E-state index contributed by atoms with van der Waals surface area (Å²) >= 11 is 0. The number of nitro groups is 1. The number of rotatable bonds is 3. The molecular formula is C12H17N3O3. The Kier molecular flexibility index (Phi) is 4.25. The zero-order valence-corrected chi connectivity index (χ0v) is 10.9. The number of carbonyl (C=O) groups excluding carboxylic acids is 1. The lowest BCUT2D eigenvalue weighted by atomic mass is 10.0. The molecule has 0 fully saturated rings. The first-order valence-electron chi connectivity index (χ1n) is 5.59. The number of nitro benzene ring substituents is 1. The predicted octanol–water partition coefficient (Wildman–Crippen LogP) is 2.81. The summed E-state index contributed by atoms with van der Waals surface area (Å²) in [6, 6.07) is 4.45. The molecule has 1 rings (SSSR count). The SMILES string of the molecule is CC(C)c1ccc(NC(=O)N(C)C)c([N+](=O)[O-])c1. The Morgan fingerprint density at radius 1 is 1.39 bits per heavy atom. The molecule has 0 radical (unpaired) electrons. The molecule has 1 aromatic carbocycles. The maximum Gasteiger partial charge on any atom is 0.321 e. The van der Waals surface area contributed by atoms with Crippen LogP contribution in [-0.2, 0) is 0 Å². The fraction of sp³-hybridized carbons (Fsp3) is 0.417. The van der Waals surface area contributed by atoms with Crippen molar-refractivity contribution in [1.29, 1.82) is 0 Å². The first kappa shape index (κ1) is 14.0. The minimum absolute atomic E-state index is 0.0867. The zero-order chi connectivity index (χ0) is 13.9. The van der Waals surface area contributed by atoms with Crippen LogP contribution in [0.4, 0.5) is 16.2 Å². The maximum absolute atomic E-state index is 11.5. The van der Waals surface area contributed by atoms with Gasteiger partial charge in [0.05, 0.1) is 4.92 Å². The van der Waals surface area contributed by atoms with Crippen LogP contribution in [0.2, 0.25) is 0 Å². The summed E-state index contributed by atoms with van der Waals surface area (Å²) in [5.41, 5.74) is 0.990. The molecule has 6 nitrogen and oxygen atoms in total. The number of urea groups is 1. The number of amides is 2. The van der Waals surface area contributed by atoms with Crippen LogP contribution < -0.4 is 5.32 Å². The molecule has 1 N–H and O–H groups in total. The molecule has 0 aliphatic carbocycles. The quantitative estimate of drug-likeness (QED) is 0.663. The number of hydrogen-bond acceptors (Lipinski definition) is 3. The third kappa shape index (κ3) is 3.19. The zero-order valence-electron chi connectivity index (χ0n) is 10.9. The van der Waals surface area contributed by atoms with Crippen LogP contribution >= 0.6 is 0 Å². The van der Waals surface area contributed by atoms with Crippen LogP contribution in [-0.4, -0.2) is 29.9 Å². The van der Waals surface area contributed by atoms with Gasteiger partial charge in [0.2, 0.25) is 0 Å². The monoisotopic (exact) mass is 251 g/mol. The van der Waals surface area contributed by atoms with E-state index >= 15 is 0 Å². The van der Waals surface area contributed by atoms with Crippen molar-refractivity contribution in [3.63, 3.8) is 0 Å². The Balaban J connectivity index is 3.12. The molecule has 0 unspecified atom stereocenters. The summed E-state index contributed by atoms with van der Waals surface area (Å²) in [6.45, 7) is 3.91. The highest BCUT2D eigenvalue weighted by molar-refractivity contribution is 5.91. The van der Waals surface area contributed by atoms with Crippen LogP contribution in [0.3, 0.4) is 0 Å². The Bertz CT molecular complexity index is 470. The van der Waals surface area contributed by atoms with Crippen molar-refractivity contribution in [2.45, 2.75) is 19.8 Å². The van der Waals surface area contributed by atoms with Crippen LogP contribution in [0.25, 0.3) is 0 Å². The van der Waals surface area contributed by atoms with Gasteiger partial charge in [-0.2, -0.15) is 0 Å². The first-order chi connectivity index (χ1) is 8.32. The molecule has 0 spiro atoms. The van der Waals surface area contributed by atoms with E-state index in [9.17, 15) is 14.9 Å². The van der Waals surface area contributed by atoms with Crippen molar-refractivity contribution < 1.29 is 9.72 Å².